The van der Waals surface area contributed by atoms with E-state index in [4.69, 9.17) is 4.98 Å². The first-order valence-electron chi connectivity index (χ1n) is 10.4. The van der Waals surface area contributed by atoms with E-state index in [-0.39, 0.29) is 0 Å². The molecule has 3 aromatic rings. The molecule has 0 aliphatic heterocycles. The van der Waals surface area contributed by atoms with Crippen LogP contribution in [0.15, 0.2) is 42.7 Å². The number of sulfonamides is 1. The Hall–Kier alpha value is -2.36. The van der Waals surface area contributed by atoms with Crippen molar-refractivity contribution >= 4 is 33.0 Å². The Morgan fingerprint density at radius 2 is 1.90 bits per heavy atom. The quantitative estimate of drug-likeness (QED) is 0.543. The van der Waals surface area contributed by atoms with Gasteiger partial charge in [-0.05, 0) is 68.4 Å². The van der Waals surface area contributed by atoms with E-state index >= 15 is 0 Å². The highest BCUT2D eigenvalue weighted by atomic mass is 32.2. The third kappa shape index (κ3) is 6.09. The molecule has 0 amide bonds. The van der Waals surface area contributed by atoms with Gasteiger partial charge in [-0.15, -0.1) is 11.3 Å². The molecule has 3 heterocycles. The first-order valence-corrected chi connectivity index (χ1v) is 13.1. The highest BCUT2D eigenvalue weighted by Gasteiger charge is 2.25. The van der Waals surface area contributed by atoms with Crippen LogP contribution in [0.1, 0.15) is 42.2 Å². The maximum absolute atomic E-state index is 11.3. The number of aryl methyl sites for hydroxylation is 1. The molecule has 9 heteroatoms. The van der Waals surface area contributed by atoms with Crippen molar-refractivity contribution in [2.24, 2.45) is 5.92 Å². The fraction of sp³-hybridized carbons (Fsp3) is 0.409. The summed E-state index contributed by atoms with van der Waals surface area (Å²) in [4.78, 5) is 14.8. The number of nitrogens with zero attached hydrogens (tertiary/aromatic N) is 3. The zero-order chi connectivity index (χ0) is 21.8. The lowest BCUT2D eigenvalue weighted by Gasteiger charge is -2.27. The largest absolute Gasteiger partial charge is 0.325 e. The molecule has 0 unspecified atom stereocenters. The highest BCUT2D eigenvalue weighted by Crippen LogP contribution is 2.39. The Morgan fingerprint density at radius 3 is 2.65 bits per heavy atom. The van der Waals surface area contributed by atoms with Crippen LogP contribution in [0, 0.1) is 12.8 Å². The van der Waals surface area contributed by atoms with Crippen LogP contribution in [0.2, 0.25) is 0 Å². The summed E-state index contributed by atoms with van der Waals surface area (Å²) in [6.45, 7) is 2.57. The van der Waals surface area contributed by atoms with Crippen LogP contribution in [0.5, 0.6) is 0 Å². The van der Waals surface area contributed by atoms with Crippen molar-refractivity contribution in [2.45, 2.75) is 38.5 Å². The lowest BCUT2D eigenvalue weighted by molar-refractivity contribution is 0.325. The van der Waals surface area contributed by atoms with Crippen molar-refractivity contribution in [1.82, 2.24) is 19.7 Å². The minimum Gasteiger partial charge on any atom is -0.325 e. The van der Waals surface area contributed by atoms with E-state index in [1.807, 2.05) is 43.5 Å². The van der Waals surface area contributed by atoms with Gasteiger partial charge < -0.3 is 5.32 Å². The van der Waals surface area contributed by atoms with Gasteiger partial charge in [-0.2, -0.15) is 0 Å². The molecule has 4 rings (SSSR count). The summed E-state index contributed by atoms with van der Waals surface area (Å²) in [5.41, 5.74) is 2.04. The third-order valence-electron chi connectivity index (χ3n) is 5.53. The second-order valence-electron chi connectivity index (χ2n) is 8.15. The molecule has 0 radical (unpaired) electrons. The molecule has 1 fully saturated rings. The Morgan fingerprint density at radius 1 is 1.10 bits per heavy atom. The number of hydrogen-bond donors (Lipinski definition) is 2. The molecular weight excluding hydrogens is 430 g/mol. The van der Waals surface area contributed by atoms with Gasteiger partial charge in [0, 0.05) is 24.9 Å². The van der Waals surface area contributed by atoms with E-state index in [1.165, 1.54) is 6.26 Å². The normalized spacial score (nSPS) is 19.3. The summed E-state index contributed by atoms with van der Waals surface area (Å²) in [6, 6.07) is 9.87. The van der Waals surface area contributed by atoms with Crippen molar-refractivity contribution in [3.8, 4) is 10.6 Å². The average molecular weight is 458 g/mol. The summed E-state index contributed by atoms with van der Waals surface area (Å²) < 4.78 is 25.2. The number of anilines is 2. The zero-order valence-corrected chi connectivity index (χ0v) is 19.3. The molecule has 164 valence electrons. The first kappa shape index (κ1) is 21.9. The maximum atomic E-state index is 11.3. The molecule has 3 aromatic heterocycles. The van der Waals surface area contributed by atoms with Crippen LogP contribution in [0.4, 0.5) is 11.6 Å². The summed E-state index contributed by atoms with van der Waals surface area (Å²) in [6.07, 6.45) is 9.02. The standard InChI is InChI=1S/C22H27N5O2S2/c1-15-10-11-23-21(12-15)27-20-5-3-4-18(26-20)19-14-24-22(30-19)17-8-6-16(7-9-17)13-25-31(2,28)29/h3-5,10-12,14,16-17,25H,6-9,13H2,1-2H3,(H,23,26,27)/t16-,17-. The predicted molar refractivity (Wildman–Crippen MR) is 125 cm³/mol. The summed E-state index contributed by atoms with van der Waals surface area (Å²) in [7, 11) is -3.12. The average Bonchev–Trinajstić information content (AvgIpc) is 3.23. The lowest BCUT2D eigenvalue weighted by atomic mass is 9.82. The van der Waals surface area contributed by atoms with Crippen LogP contribution in [0.3, 0.4) is 0 Å². The fourth-order valence-corrected chi connectivity index (χ4v) is 5.45. The van der Waals surface area contributed by atoms with E-state index < -0.39 is 10.0 Å². The fourth-order valence-electron chi connectivity index (χ4n) is 3.85. The molecular formula is C22H27N5O2S2. The molecule has 0 saturated heterocycles. The van der Waals surface area contributed by atoms with Gasteiger partial charge >= 0.3 is 0 Å². The van der Waals surface area contributed by atoms with E-state index in [2.05, 4.69) is 20.0 Å². The number of aromatic nitrogens is 3. The molecule has 0 bridgehead atoms. The number of hydrogen-bond acceptors (Lipinski definition) is 7. The van der Waals surface area contributed by atoms with Crippen LogP contribution in [-0.4, -0.2) is 36.2 Å². The topological polar surface area (TPSA) is 96.9 Å². The Balaban J connectivity index is 1.39. The molecule has 0 atom stereocenters. The van der Waals surface area contributed by atoms with Crippen LogP contribution in [0.25, 0.3) is 10.6 Å². The SMILES string of the molecule is Cc1ccnc(Nc2cccc(-c3cnc([C@H]4CC[C@H](CNS(C)(=O)=O)CC4)s3)n2)c1. The summed E-state index contributed by atoms with van der Waals surface area (Å²) >= 11 is 1.70. The van der Waals surface area contributed by atoms with Gasteiger partial charge in [0.05, 0.1) is 21.8 Å². The van der Waals surface area contributed by atoms with E-state index in [0.29, 0.717) is 18.4 Å². The lowest BCUT2D eigenvalue weighted by Crippen LogP contribution is -2.30. The molecule has 7 nitrogen and oxygen atoms in total. The van der Waals surface area contributed by atoms with Crippen molar-refractivity contribution in [2.75, 3.05) is 18.1 Å². The van der Waals surface area contributed by atoms with E-state index in [9.17, 15) is 8.42 Å². The van der Waals surface area contributed by atoms with Crippen molar-refractivity contribution < 1.29 is 8.42 Å². The van der Waals surface area contributed by atoms with Crippen molar-refractivity contribution in [1.29, 1.82) is 0 Å². The van der Waals surface area contributed by atoms with Gasteiger partial charge in [0.25, 0.3) is 0 Å². The third-order valence-corrected chi connectivity index (χ3v) is 7.40. The van der Waals surface area contributed by atoms with Gasteiger partial charge in [-0.1, -0.05) is 6.07 Å². The van der Waals surface area contributed by atoms with E-state index in [1.54, 1.807) is 17.5 Å². The minimum absolute atomic E-state index is 0.407. The van der Waals surface area contributed by atoms with Crippen LogP contribution >= 0.6 is 11.3 Å². The second-order valence-corrected chi connectivity index (χ2v) is 11.0. The summed E-state index contributed by atoms with van der Waals surface area (Å²) in [5, 5.41) is 4.41. The molecule has 0 aromatic carbocycles. The van der Waals surface area contributed by atoms with Crippen molar-refractivity contribution in [3.05, 3.63) is 53.3 Å². The predicted octanol–water partition coefficient (Wildman–Crippen LogP) is 4.48. The number of pyridine rings is 2. The summed E-state index contributed by atoms with van der Waals surface area (Å²) in [5.74, 6) is 2.37. The maximum Gasteiger partial charge on any atom is 0.208 e. The van der Waals surface area contributed by atoms with E-state index in [0.717, 1.165) is 58.5 Å². The van der Waals surface area contributed by atoms with Crippen LogP contribution < -0.4 is 10.0 Å². The number of nitrogens with one attached hydrogen (secondary N) is 2. The Labute approximate surface area is 187 Å². The van der Waals surface area contributed by atoms with Gasteiger partial charge in [0.1, 0.15) is 11.6 Å². The van der Waals surface area contributed by atoms with Gasteiger partial charge in [0.15, 0.2) is 0 Å². The van der Waals surface area contributed by atoms with Crippen LogP contribution in [-0.2, 0) is 10.0 Å². The second kappa shape index (κ2) is 9.42. The highest BCUT2D eigenvalue weighted by molar-refractivity contribution is 7.88. The Bertz CT molecular complexity index is 1140. The minimum atomic E-state index is -3.12. The van der Waals surface area contributed by atoms with Crippen molar-refractivity contribution in [3.63, 3.8) is 0 Å². The molecule has 1 saturated carbocycles. The molecule has 0 spiro atoms. The monoisotopic (exact) mass is 457 g/mol. The molecule has 31 heavy (non-hydrogen) atoms. The smallest absolute Gasteiger partial charge is 0.208 e. The zero-order valence-electron chi connectivity index (χ0n) is 17.7. The van der Waals surface area contributed by atoms with Gasteiger partial charge in [-0.25, -0.2) is 28.1 Å². The molecule has 2 N–H and O–H groups in total. The van der Waals surface area contributed by atoms with Gasteiger partial charge in [0.2, 0.25) is 10.0 Å². The molecule has 1 aliphatic carbocycles. The number of thiazole rings is 1. The molecule has 1 aliphatic rings. The van der Waals surface area contributed by atoms with Gasteiger partial charge in [-0.3, -0.25) is 0 Å². The Kier molecular flexibility index (Phi) is 6.64. The number of rotatable bonds is 7. The first-order chi connectivity index (χ1) is 14.9.